The molecule has 1 saturated heterocycles. The molecular formula is C31H41N3O4. The second kappa shape index (κ2) is 9.10. The third-order valence-electron chi connectivity index (χ3n) is 11.1. The standard InChI is InChI=1S/C31H41N3O4/c1-20-16-22-23-8-10-31(38,26(37)19-33-12-14-34(15-13-33)27-6-4-5-11-32-27)30(23,3)18-25(36)28(22)29(2)9-7-21(35)17-24(20)29/h4-7,9,11,17,20,22-23,25,28,36,38H,8,10,12-16,18-19H2,1-3H3/t20?,22-,23-,25?,28+,29-,30-,31-/m0/s1. The summed E-state index contributed by atoms with van der Waals surface area (Å²) in [6.45, 7) is 9.75. The van der Waals surface area contributed by atoms with E-state index in [0.29, 0.717) is 12.8 Å². The number of hydrogen-bond acceptors (Lipinski definition) is 7. The van der Waals surface area contributed by atoms with E-state index in [1.54, 1.807) is 18.3 Å². The molecule has 4 aliphatic carbocycles. The maximum atomic E-state index is 13.8. The Hall–Kier alpha value is -2.35. The fraction of sp³-hybridized carbons (Fsp3) is 0.645. The first-order valence-corrected chi connectivity index (χ1v) is 14.3. The number of aliphatic hydroxyl groups excluding tert-OH is 1. The molecule has 38 heavy (non-hydrogen) atoms. The maximum Gasteiger partial charge on any atom is 0.178 e. The molecule has 7 nitrogen and oxygen atoms in total. The van der Waals surface area contributed by atoms with Crippen molar-refractivity contribution in [2.24, 2.45) is 34.5 Å². The number of ketones is 2. The van der Waals surface area contributed by atoms with E-state index >= 15 is 0 Å². The number of carbonyl (C=O) groups is 2. The molecule has 204 valence electrons. The topological polar surface area (TPSA) is 94.0 Å². The number of aliphatic hydroxyl groups is 2. The molecule has 5 aliphatic rings. The Balaban J connectivity index is 1.19. The van der Waals surface area contributed by atoms with Crippen LogP contribution < -0.4 is 4.90 Å². The highest BCUT2D eigenvalue weighted by Gasteiger charge is 2.68. The molecule has 1 aliphatic heterocycles. The van der Waals surface area contributed by atoms with Crippen LogP contribution in [0.25, 0.3) is 0 Å². The van der Waals surface area contributed by atoms with E-state index in [1.807, 2.05) is 24.3 Å². The van der Waals surface area contributed by atoms with Crippen molar-refractivity contribution in [2.45, 2.75) is 58.2 Å². The van der Waals surface area contributed by atoms with E-state index in [-0.39, 0.29) is 47.2 Å². The van der Waals surface area contributed by atoms with Gasteiger partial charge in [0.05, 0.1) is 12.6 Å². The Kier molecular flexibility index (Phi) is 6.21. The average Bonchev–Trinajstić information content (AvgIpc) is 3.17. The van der Waals surface area contributed by atoms with E-state index in [1.165, 1.54) is 0 Å². The molecule has 1 aromatic rings. The Morgan fingerprint density at radius 1 is 1.18 bits per heavy atom. The summed E-state index contributed by atoms with van der Waals surface area (Å²) in [6, 6.07) is 5.91. The van der Waals surface area contributed by atoms with Crippen molar-refractivity contribution in [3.63, 3.8) is 0 Å². The zero-order valence-corrected chi connectivity index (χ0v) is 22.8. The van der Waals surface area contributed by atoms with Crippen LogP contribution >= 0.6 is 0 Å². The Morgan fingerprint density at radius 3 is 2.66 bits per heavy atom. The first kappa shape index (κ1) is 25.9. The lowest BCUT2D eigenvalue weighted by Crippen LogP contribution is -2.63. The number of nitrogens with zero attached hydrogens (tertiary/aromatic N) is 3. The number of rotatable bonds is 4. The highest BCUT2D eigenvalue weighted by molar-refractivity contribution is 6.01. The highest BCUT2D eigenvalue weighted by Crippen LogP contribution is 2.67. The lowest BCUT2D eigenvalue weighted by molar-refractivity contribution is -0.179. The molecule has 7 heteroatoms. The summed E-state index contributed by atoms with van der Waals surface area (Å²) in [4.78, 5) is 34.9. The van der Waals surface area contributed by atoms with Crippen molar-refractivity contribution in [2.75, 3.05) is 37.6 Å². The zero-order chi connectivity index (χ0) is 26.9. The predicted octanol–water partition coefficient (Wildman–Crippen LogP) is 3.03. The zero-order valence-electron chi connectivity index (χ0n) is 22.8. The van der Waals surface area contributed by atoms with Crippen molar-refractivity contribution >= 4 is 17.4 Å². The summed E-state index contributed by atoms with van der Waals surface area (Å²) in [7, 11) is 0. The maximum absolute atomic E-state index is 13.8. The van der Waals surface area contributed by atoms with Gasteiger partial charge in [0.2, 0.25) is 0 Å². The summed E-state index contributed by atoms with van der Waals surface area (Å²) >= 11 is 0. The summed E-state index contributed by atoms with van der Waals surface area (Å²) in [5.41, 5.74) is -1.33. The number of fused-ring (bicyclic) bond motifs is 5. The van der Waals surface area contributed by atoms with E-state index in [0.717, 1.165) is 50.4 Å². The molecule has 6 rings (SSSR count). The van der Waals surface area contributed by atoms with Crippen LogP contribution in [0, 0.1) is 34.5 Å². The molecule has 0 radical (unpaired) electrons. The lowest BCUT2D eigenvalue weighted by atomic mass is 9.45. The third-order valence-corrected chi connectivity index (χ3v) is 11.1. The van der Waals surface area contributed by atoms with Crippen molar-refractivity contribution < 1.29 is 19.8 Å². The van der Waals surface area contributed by atoms with Gasteiger partial charge < -0.3 is 15.1 Å². The summed E-state index contributed by atoms with van der Waals surface area (Å²) in [5, 5.41) is 23.8. The molecular weight excluding hydrogens is 478 g/mol. The van der Waals surface area contributed by atoms with Gasteiger partial charge in [0.15, 0.2) is 11.6 Å². The fourth-order valence-electron chi connectivity index (χ4n) is 9.22. The van der Waals surface area contributed by atoms with Crippen molar-refractivity contribution in [1.29, 1.82) is 0 Å². The Labute approximate surface area is 225 Å². The molecule has 8 atom stereocenters. The molecule has 0 bridgehead atoms. The van der Waals surface area contributed by atoms with Crippen LogP contribution in [0.3, 0.4) is 0 Å². The Bertz CT molecular complexity index is 1170. The van der Waals surface area contributed by atoms with Gasteiger partial charge in [-0.2, -0.15) is 0 Å². The molecule has 0 spiro atoms. The normalized spacial score (nSPS) is 42.8. The van der Waals surface area contributed by atoms with Crippen LogP contribution in [-0.2, 0) is 9.59 Å². The van der Waals surface area contributed by atoms with Crippen molar-refractivity contribution in [3.05, 3.63) is 48.2 Å². The van der Waals surface area contributed by atoms with Gasteiger partial charge in [-0.15, -0.1) is 0 Å². The lowest BCUT2D eigenvalue weighted by Gasteiger charge is -2.60. The molecule has 0 aromatic carbocycles. The molecule has 2 unspecified atom stereocenters. The number of Topliss-reactive ketones (excluding diaryl/α,β-unsaturated/α-hetero) is 1. The Morgan fingerprint density at radius 2 is 1.95 bits per heavy atom. The second-order valence-corrected chi connectivity index (χ2v) is 13.0. The van der Waals surface area contributed by atoms with E-state index in [9.17, 15) is 19.8 Å². The number of hydrogen-bond donors (Lipinski definition) is 2. The minimum absolute atomic E-state index is 0.00972. The highest BCUT2D eigenvalue weighted by atomic mass is 16.3. The van der Waals surface area contributed by atoms with Crippen LogP contribution in [0.5, 0.6) is 0 Å². The molecule has 4 fully saturated rings. The second-order valence-electron chi connectivity index (χ2n) is 13.0. The van der Waals surface area contributed by atoms with Crippen LogP contribution in [0.1, 0.15) is 46.5 Å². The van der Waals surface area contributed by atoms with E-state index < -0.39 is 17.1 Å². The first-order valence-electron chi connectivity index (χ1n) is 14.3. The SMILES string of the molecule is CC1C[C@@H]2[C@H](C(O)C[C@@]3(C)[C@H]2CC[C@]3(O)C(=O)CN2CCN(c3ccccn3)CC2)[C@@]2(C)C=CC(=O)C=C12. The number of piperazine rings is 1. The first-order chi connectivity index (χ1) is 18.1. The minimum atomic E-state index is -1.43. The number of anilines is 1. The van der Waals surface area contributed by atoms with Crippen LogP contribution in [0.4, 0.5) is 5.82 Å². The molecule has 3 saturated carbocycles. The van der Waals surface area contributed by atoms with E-state index in [2.05, 4.69) is 35.6 Å². The van der Waals surface area contributed by atoms with E-state index in [4.69, 9.17) is 0 Å². The van der Waals surface area contributed by atoms with Gasteiger partial charge in [-0.3, -0.25) is 14.5 Å². The summed E-state index contributed by atoms with van der Waals surface area (Å²) < 4.78 is 0. The monoisotopic (exact) mass is 519 g/mol. The largest absolute Gasteiger partial charge is 0.393 e. The van der Waals surface area contributed by atoms with Crippen LogP contribution in [-0.4, -0.2) is 76.1 Å². The fourth-order valence-corrected chi connectivity index (χ4v) is 9.22. The van der Waals surface area contributed by atoms with Gasteiger partial charge in [0, 0.05) is 49.1 Å². The average molecular weight is 520 g/mol. The number of allylic oxidation sites excluding steroid dienone is 4. The van der Waals surface area contributed by atoms with Crippen LogP contribution in [0.2, 0.25) is 0 Å². The van der Waals surface area contributed by atoms with Gasteiger partial charge in [0.1, 0.15) is 11.4 Å². The smallest absolute Gasteiger partial charge is 0.178 e. The minimum Gasteiger partial charge on any atom is -0.393 e. The van der Waals surface area contributed by atoms with Gasteiger partial charge in [0.25, 0.3) is 0 Å². The predicted molar refractivity (Wildman–Crippen MR) is 145 cm³/mol. The van der Waals surface area contributed by atoms with Gasteiger partial charge >= 0.3 is 0 Å². The van der Waals surface area contributed by atoms with Gasteiger partial charge in [-0.05, 0) is 67.7 Å². The summed E-state index contributed by atoms with van der Waals surface area (Å²) in [5.74, 6) is 1.46. The number of aromatic nitrogens is 1. The van der Waals surface area contributed by atoms with Crippen LogP contribution in [0.15, 0.2) is 48.2 Å². The summed E-state index contributed by atoms with van der Waals surface area (Å²) in [6.07, 6.45) is 9.15. The molecule has 0 amide bonds. The molecule has 1 aromatic heterocycles. The molecule has 2 heterocycles. The third kappa shape index (κ3) is 3.76. The van der Waals surface area contributed by atoms with Gasteiger partial charge in [-0.1, -0.05) is 38.5 Å². The van der Waals surface area contributed by atoms with Crippen molar-refractivity contribution in [1.82, 2.24) is 9.88 Å². The van der Waals surface area contributed by atoms with Crippen molar-refractivity contribution in [3.8, 4) is 0 Å². The molecule has 2 N–H and O–H groups in total. The number of carbonyl (C=O) groups excluding carboxylic acids is 2. The quantitative estimate of drug-likeness (QED) is 0.632. The number of pyridine rings is 1. The van der Waals surface area contributed by atoms with Gasteiger partial charge in [-0.25, -0.2) is 4.98 Å².